The molecule has 1 N–H and O–H groups in total. The monoisotopic (exact) mass is 175 g/mol. The summed E-state index contributed by atoms with van der Waals surface area (Å²) in [5.41, 5.74) is 1.69. The summed E-state index contributed by atoms with van der Waals surface area (Å²) in [5.74, 6) is 0. The van der Waals surface area contributed by atoms with Crippen LogP contribution in [0.4, 0.5) is 5.69 Å². The molecule has 1 aliphatic rings. The highest BCUT2D eigenvalue weighted by atomic mass is 16.3. The van der Waals surface area contributed by atoms with Crippen LogP contribution in [0.15, 0.2) is 30.3 Å². The molecule has 0 saturated carbocycles. The molecule has 0 bridgehead atoms. The Morgan fingerprint density at radius 1 is 1.38 bits per heavy atom. The molecule has 2 rings (SSSR count). The summed E-state index contributed by atoms with van der Waals surface area (Å²) >= 11 is 0. The van der Waals surface area contributed by atoms with Gasteiger partial charge in [0, 0.05) is 0 Å². The van der Waals surface area contributed by atoms with Gasteiger partial charge in [-0.3, -0.25) is 9.69 Å². The van der Waals surface area contributed by atoms with Crippen molar-refractivity contribution in [2.45, 2.75) is 6.23 Å². The molecule has 1 aliphatic heterocycles. The summed E-state index contributed by atoms with van der Waals surface area (Å²) in [6.07, 6.45) is 3.18. The number of nitrogens with zero attached hydrogens (tertiary/aromatic N) is 1. The fourth-order valence-electron chi connectivity index (χ4n) is 1.41. The van der Waals surface area contributed by atoms with Crippen molar-refractivity contribution in [1.29, 1.82) is 0 Å². The summed E-state index contributed by atoms with van der Waals surface area (Å²) in [5, 5.41) is 9.42. The van der Waals surface area contributed by atoms with Crippen LogP contribution in [-0.2, 0) is 4.79 Å². The lowest BCUT2D eigenvalue weighted by Crippen LogP contribution is -2.34. The second-order valence-electron chi connectivity index (χ2n) is 2.84. The van der Waals surface area contributed by atoms with E-state index in [-0.39, 0.29) is 0 Å². The van der Waals surface area contributed by atoms with Crippen LogP contribution in [0.2, 0.25) is 0 Å². The van der Waals surface area contributed by atoms with Crippen molar-refractivity contribution in [2.75, 3.05) is 4.90 Å². The largest absolute Gasteiger partial charge is 0.369 e. The summed E-state index contributed by atoms with van der Waals surface area (Å²) < 4.78 is 0. The molecule has 13 heavy (non-hydrogen) atoms. The maximum absolute atomic E-state index is 10.7. The van der Waals surface area contributed by atoms with E-state index in [4.69, 9.17) is 0 Å². The van der Waals surface area contributed by atoms with E-state index >= 15 is 0 Å². The van der Waals surface area contributed by atoms with Crippen molar-refractivity contribution < 1.29 is 9.90 Å². The van der Waals surface area contributed by atoms with E-state index in [9.17, 15) is 9.90 Å². The maximum Gasteiger partial charge on any atom is 0.216 e. The van der Waals surface area contributed by atoms with Gasteiger partial charge in [0.2, 0.25) is 6.41 Å². The Bertz CT molecular complexity index is 360. The van der Waals surface area contributed by atoms with Crippen LogP contribution in [-0.4, -0.2) is 17.7 Å². The lowest BCUT2D eigenvalue weighted by Gasteiger charge is -2.26. The van der Waals surface area contributed by atoms with Gasteiger partial charge in [-0.15, -0.1) is 0 Å². The van der Waals surface area contributed by atoms with E-state index in [1.54, 1.807) is 18.2 Å². The molecule has 1 aromatic carbocycles. The van der Waals surface area contributed by atoms with Gasteiger partial charge in [-0.1, -0.05) is 24.3 Å². The minimum atomic E-state index is -0.840. The average molecular weight is 175 g/mol. The second kappa shape index (κ2) is 3.03. The Kier molecular flexibility index (Phi) is 1.87. The molecule has 1 amide bonds. The van der Waals surface area contributed by atoms with Crippen molar-refractivity contribution in [3.8, 4) is 0 Å². The fourth-order valence-corrected chi connectivity index (χ4v) is 1.41. The van der Waals surface area contributed by atoms with Crippen molar-refractivity contribution in [1.82, 2.24) is 0 Å². The number of hydrogen-bond donors (Lipinski definition) is 1. The Hall–Kier alpha value is -1.61. The minimum absolute atomic E-state index is 0.632. The van der Waals surface area contributed by atoms with Crippen molar-refractivity contribution in [3.05, 3.63) is 35.9 Å². The van der Waals surface area contributed by atoms with E-state index < -0.39 is 6.23 Å². The van der Waals surface area contributed by atoms with Crippen LogP contribution in [0, 0.1) is 0 Å². The maximum atomic E-state index is 10.7. The van der Waals surface area contributed by atoms with Gasteiger partial charge in [0.25, 0.3) is 0 Å². The Balaban J connectivity index is 2.53. The van der Waals surface area contributed by atoms with Crippen molar-refractivity contribution in [2.24, 2.45) is 0 Å². The molecular weight excluding hydrogens is 166 g/mol. The zero-order valence-electron chi connectivity index (χ0n) is 6.92. The first-order valence-corrected chi connectivity index (χ1v) is 4.02. The number of aliphatic hydroxyl groups excluding tert-OH is 1. The van der Waals surface area contributed by atoms with Gasteiger partial charge in [-0.25, -0.2) is 0 Å². The van der Waals surface area contributed by atoms with E-state index in [0.29, 0.717) is 6.41 Å². The predicted octanol–water partition coefficient (Wildman–Crippen LogP) is 0.995. The molecule has 0 aromatic heterocycles. The first kappa shape index (κ1) is 8.01. The number of carbonyl (C=O) groups excluding carboxylic acids is 1. The van der Waals surface area contributed by atoms with E-state index in [1.807, 2.05) is 18.2 Å². The third-order valence-corrected chi connectivity index (χ3v) is 2.06. The van der Waals surface area contributed by atoms with Gasteiger partial charge in [0.15, 0.2) is 6.23 Å². The zero-order valence-corrected chi connectivity index (χ0v) is 6.92. The molecule has 1 unspecified atom stereocenters. The van der Waals surface area contributed by atoms with Gasteiger partial charge < -0.3 is 5.11 Å². The minimum Gasteiger partial charge on any atom is -0.369 e. The third kappa shape index (κ3) is 1.23. The number of anilines is 1. The third-order valence-electron chi connectivity index (χ3n) is 2.06. The van der Waals surface area contributed by atoms with Crippen LogP contribution in [0.25, 0.3) is 6.08 Å². The molecule has 0 spiro atoms. The van der Waals surface area contributed by atoms with Crippen LogP contribution < -0.4 is 4.90 Å². The van der Waals surface area contributed by atoms with Crippen LogP contribution in [0.1, 0.15) is 5.56 Å². The molecule has 0 aliphatic carbocycles. The normalized spacial score (nSPS) is 19.8. The van der Waals surface area contributed by atoms with Crippen LogP contribution in [0.5, 0.6) is 0 Å². The van der Waals surface area contributed by atoms with Crippen molar-refractivity contribution >= 4 is 18.2 Å². The Morgan fingerprint density at radius 3 is 2.92 bits per heavy atom. The van der Waals surface area contributed by atoms with Gasteiger partial charge in [0.1, 0.15) is 0 Å². The number of benzene rings is 1. The molecule has 0 saturated heterocycles. The Labute approximate surface area is 75.9 Å². The Morgan fingerprint density at radius 2 is 2.15 bits per heavy atom. The second-order valence-corrected chi connectivity index (χ2v) is 2.84. The van der Waals surface area contributed by atoms with Gasteiger partial charge >= 0.3 is 0 Å². The zero-order chi connectivity index (χ0) is 9.26. The van der Waals surface area contributed by atoms with Gasteiger partial charge in [-0.05, 0) is 17.7 Å². The number of para-hydroxylation sites is 1. The number of amides is 1. The quantitative estimate of drug-likeness (QED) is 0.647. The summed E-state index contributed by atoms with van der Waals surface area (Å²) in [4.78, 5) is 12.0. The summed E-state index contributed by atoms with van der Waals surface area (Å²) in [7, 11) is 0. The summed E-state index contributed by atoms with van der Waals surface area (Å²) in [6, 6.07) is 7.43. The summed E-state index contributed by atoms with van der Waals surface area (Å²) in [6.45, 7) is 0. The molecule has 0 fully saturated rings. The number of rotatable bonds is 1. The molecule has 1 atom stereocenters. The molecule has 0 radical (unpaired) electrons. The van der Waals surface area contributed by atoms with Gasteiger partial charge in [-0.2, -0.15) is 0 Å². The SMILES string of the molecule is O=CN1c2ccccc2C=CC1O. The highest BCUT2D eigenvalue weighted by Crippen LogP contribution is 2.26. The van der Waals surface area contributed by atoms with Gasteiger partial charge in [0.05, 0.1) is 5.69 Å². The lowest BCUT2D eigenvalue weighted by molar-refractivity contribution is -0.108. The molecule has 1 aromatic rings. The number of hydrogen-bond acceptors (Lipinski definition) is 2. The number of fused-ring (bicyclic) bond motifs is 1. The standard InChI is InChI=1S/C10H9NO2/c12-7-11-9-4-2-1-3-8(9)5-6-10(11)13/h1-7,10,13H. The topological polar surface area (TPSA) is 40.5 Å². The number of carbonyl (C=O) groups is 1. The number of aliphatic hydroxyl groups is 1. The van der Waals surface area contributed by atoms with E-state index in [1.165, 1.54) is 4.90 Å². The highest BCUT2D eigenvalue weighted by Gasteiger charge is 2.18. The van der Waals surface area contributed by atoms with Crippen LogP contribution in [0.3, 0.4) is 0 Å². The van der Waals surface area contributed by atoms with E-state index in [0.717, 1.165) is 11.3 Å². The average Bonchev–Trinajstić information content (AvgIpc) is 2.18. The first-order valence-electron chi connectivity index (χ1n) is 4.02. The van der Waals surface area contributed by atoms with Crippen molar-refractivity contribution in [3.63, 3.8) is 0 Å². The predicted molar refractivity (Wildman–Crippen MR) is 50.0 cm³/mol. The smallest absolute Gasteiger partial charge is 0.216 e. The molecule has 3 heteroatoms. The van der Waals surface area contributed by atoms with E-state index in [2.05, 4.69) is 0 Å². The van der Waals surface area contributed by atoms with Crippen LogP contribution >= 0.6 is 0 Å². The highest BCUT2D eigenvalue weighted by molar-refractivity contribution is 5.84. The molecule has 3 nitrogen and oxygen atoms in total. The first-order chi connectivity index (χ1) is 6.33. The molecule has 66 valence electrons. The fraction of sp³-hybridized carbons (Fsp3) is 0.100. The lowest BCUT2D eigenvalue weighted by atomic mass is 10.1. The molecular formula is C10H9NO2. The molecule has 1 heterocycles.